The number of carbonyl (C=O) groups is 2. The molecule has 34 heavy (non-hydrogen) atoms. The summed E-state index contributed by atoms with van der Waals surface area (Å²) in [5, 5.41) is 10.9. The highest BCUT2D eigenvalue weighted by molar-refractivity contribution is 7.99. The molecule has 0 fully saturated rings. The number of thioether (sulfide) groups is 1. The van der Waals surface area contributed by atoms with Gasteiger partial charge in [-0.2, -0.15) is 5.10 Å². The minimum absolute atomic E-state index is 0.129. The number of aryl methyl sites for hydroxylation is 1. The molecule has 2 N–H and O–H groups in total. The zero-order valence-electron chi connectivity index (χ0n) is 18.6. The molecular formula is C24H22N6O3S. The first-order valence-corrected chi connectivity index (χ1v) is 11.8. The van der Waals surface area contributed by atoms with Crippen molar-refractivity contribution in [3.63, 3.8) is 0 Å². The molecular weight excluding hydrogens is 452 g/mol. The molecule has 0 aliphatic carbocycles. The Kier molecular flexibility index (Phi) is 5.66. The largest absolute Gasteiger partial charge is 0.326 e. The van der Waals surface area contributed by atoms with Gasteiger partial charge in [0.05, 0.1) is 17.9 Å². The van der Waals surface area contributed by atoms with Gasteiger partial charge in [-0.25, -0.2) is 9.67 Å². The molecule has 1 aliphatic rings. The molecule has 2 aromatic heterocycles. The van der Waals surface area contributed by atoms with Gasteiger partial charge in [-0.15, -0.1) is 0 Å². The molecule has 1 aliphatic heterocycles. The molecule has 0 spiro atoms. The summed E-state index contributed by atoms with van der Waals surface area (Å²) in [4.78, 5) is 42.0. The van der Waals surface area contributed by atoms with Crippen molar-refractivity contribution in [2.45, 2.75) is 31.5 Å². The minimum Gasteiger partial charge on any atom is -0.326 e. The van der Waals surface area contributed by atoms with E-state index < -0.39 is 0 Å². The van der Waals surface area contributed by atoms with Gasteiger partial charge in [-0.1, -0.05) is 35.5 Å². The number of hydrogen-bond acceptors (Lipinski definition) is 6. The van der Waals surface area contributed by atoms with Crippen molar-refractivity contribution in [1.82, 2.24) is 19.3 Å². The molecule has 2 aromatic carbocycles. The lowest BCUT2D eigenvalue weighted by atomic mass is 10.2. The number of carbonyl (C=O) groups excluding carboxylic acids is 2. The minimum atomic E-state index is -0.314. The van der Waals surface area contributed by atoms with Crippen molar-refractivity contribution >= 4 is 46.0 Å². The van der Waals surface area contributed by atoms with E-state index in [1.165, 1.54) is 24.9 Å². The van der Waals surface area contributed by atoms with Crippen molar-refractivity contribution in [2.75, 3.05) is 16.4 Å². The lowest BCUT2D eigenvalue weighted by Gasteiger charge is -2.14. The smallest absolute Gasteiger partial charge is 0.265 e. The molecule has 1 unspecified atom stereocenters. The van der Waals surface area contributed by atoms with Crippen molar-refractivity contribution < 1.29 is 9.59 Å². The number of amides is 2. The van der Waals surface area contributed by atoms with E-state index in [0.29, 0.717) is 33.3 Å². The van der Waals surface area contributed by atoms with E-state index in [-0.39, 0.29) is 29.8 Å². The zero-order chi connectivity index (χ0) is 23.8. The van der Waals surface area contributed by atoms with Gasteiger partial charge in [0.25, 0.3) is 5.56 Å². The van der Waals surface area contributed by atoms with E-state index in [0.717, 1.165) is 11.3 Å². The molecule has 172 valence electrons. The normalized spacial score (nSPS) is 14.7. The molecule has 0 radical (unpaired) electrons. The molecule has 5 rings (SSSR count). The highest BCUT2D eigenvalue weighted by Crippen LogP contribution is 2.33. The summed E-state index contributed by atoms with van der Waals surface area (Å²) in [5.74, 6) is 0.166. The first-order chi connectivity index (χ1) is 16.4. The quantitative estimate of drug-likeness (QED) is 0.428. The van der Waals surface area contributed by atoms with Crippen molar-refractivity contribution in [3.05, 3.63) is 70.6 Å². The van der Waals surface area contributed by atoms with Gasteiger partial charge >= 0.3 is 0 Å². The van der Waals surface area contributed by atoms with E-state index in [2.05, 4.69) is 15.7 Å². The Morgan fingerprint density at radius 2 is 1.85 bits per heavy atom. The van der Waals surface area contributed by atoms with Crippen LogP contribution in [0.25, 0.3) is 16.7 Å². The third-order valence-corrected chi connectivity index (χ3v) is 6.63. The standard InChI is InChI=1S/C24H22N6O3S/c1-14-6-8-18(9-7-14)30-22-20(12-25-30)23(33)29-19(13-34-24(29)28-22)11-21(32)27-17-5-3-4-16(10-17)26-15(2)31/h3-10,12,19H,11,13H2,1-2H3,(H,26,31)(H,27,32). The summed E-state index contributed by atoms with van der Waals surface area (Å²) in [7, 11) is 0. The van der Waals surface area contributed by atoms with Crippen LogP contribution in [0.15, 0.2) is 64.7 Å². The molecule has 0 saturated carbocycles. The average molecular weight is 475 g/mol. The van der Waals surface area contributed by atoms with Gasteiger partial charge in [0, 0.05) is 30.5 Å². The second kappa shape index (κ2) is 8.79. The topological polar surface area (TPSA) is 111 Å². The zero-order valence-corrected chi connectivity index (χ0v) is 19.4. The highest BCUT2D eigenvalue weighted by atomic mass is 32.2. The van der Waals surface area contributed by atoms with Crippen LogP contribution < -0.4 is 16.2 Å². The van der Waals surface area contributed by atoms with Gasteiger partial charge in [-0.3, -0.25) is 19.0 Å². The fraction of sp³-hybridized carbons (Fsp3) is 0.208. The number of nitrogens with one attached hydrogen (secondary N) is 2. The van der Waals surface area contributed by atoms with Crippen LogP contribution in [-0.4, -0.2) is 36.9 Å². The summed E-state index contributed by atoms with van der Waals surface area (Å²) in [6.07, 6.45) is 1.66. The maximum absolute atomic E-state index is 13.3. The Hall–Kier alpha value is -3.92. The first kappa shape index (κ1) is 21.9. The molecule has 2 amide bonds. The number of fused-ring (bicyclic) bond motifs is 2. The third-order valence-electron chi connectivity index (χ3n) is 5.54. The molecule has 9 nitrogen and oxygen atoms in total. The fourth-order valence-corrected chi connectivity index (χ4v) is 5.09. The monoisotopic (exact) mass is 474 g/mol. The molecule has 1 atom stereocenters. The summed E-state index contributed by atoms with van der Waals surface area (Å²) >= 11 is 1.46. The van der Waals surface area contributed by atoms with Gasteiger partial charge in [0.2, 0.25) is 11.8 Å². The number of anilines is 2. The van der Waals surface area contributed by atoms with Crippen LogP contribution in [0.1, 0.15) is 24.9 Å². The maximum Gasteiger partial charge on any atom is 0.265 e. The van der Waals surface area contributed by atoms with Crippen molar-refractivity contribution in [2.24, 2.45) is 0 Å². The Morgan fingerprint density at radius 3 is 2.59 bits per heavy atom. The highest BCUT2D eigenvalue weighted by Gasteiger charge is 2.29. The lowest BCUT2D eigenvalue weighted by Crippen LogP contribution is -2.27. The van der Waals surface area contributed by atoms with Gasteiger partial charge in [-0.05, 0) is 37.3 Å². The number of nitrogens with zero attached hydrogens (tertiary/aromatic N) is 4. The van der Waals surface area contributed by atoms with E-state index in [9.17, 15) is 14.4 Å². The van der Waals surface area contributed by atoms with Crippen LogP contribution in [0.2, 0.25) is 0 Å². The Labute approximate surface area is 199 Å². The summed E-state index contributed by atoms with van der Waals surface area (Å²) in [6, 6.07) is 14.5. The van der Waals surface area contributed by atoms with E-state index in [1.54, 1.807) is 33.5 Å². The van der Waals surface area contributed by atoms with Crippen LogP contribution in [0.5, 0.6) is 0 Å². The number of hydrogen-bond donors (Lipinski definition) is 2. The number of rotatable bonds is 5. The second-order valence-electron chi connectivity index (χ2n) is 8.18. The van der Waals surface area contributed by atoms with Crippen LogP contribution in [0.3, 0.4) is 0 Å². The van der Waals surface area contributed by atoms with Crippen LogP contribution in [0, 0.1) is 6.92 Å². The SMILES string of the molecule is CC(=O)Nc1cccc(NC(=O)CC2CSc3nc4c(cnn4-c4ccc(C)cc4)c(=O)n32)c1. The number of aromatic nitrogens is 4. The molecule has 4 aromatic rings. The van der Waals surface area contributed by atoms with E-state index >= 15 is 0 Å². The van der Waals surface area contributed by atoms with Gasteiger partial charge in [0.15, 0.2) is 10.8 Å². The lowest BCUT2D eigenvalue weighted by molar-refractivity contribution is -0.117. The van der Waals surface area contributed by atoms with Crippen LogP contribution in [-0.2, 0) is 9.59 Å². The average Bonchev–Trinajstić information content (AvgIpc) is 3.39. The molecule has 10 heteroatoms. The van der Waals surface area contributed by atoms with E-state index in [4.69, 9.17) is 4.98 Å². The predicted octanol–water partition coefficient (Wildman–Crippen LogP) is 3.52. The summed E-state index contributed by atoms with van der Waals surface area (Å²) in [6.45, 7) is 3.43. The number of benzene rings is 2. The molecule has 0 saturated heterocycles. The third kappa shape index (κ3) is 4.19. The van der Waals surface area contributed by atoms with Gasteiger partial charge < -0.3 is 10.6 Å². The summed E-state index contributed by atoms with van der Waals surface area (Å²) in [5.41, 5.74) is 3.44. The van der Waals surface area contributed by atoms with Crippen LogP contribution >= 0.6 is 11.8 Å². The Balaban J connectivity index is 1.38. The molecule has 0 bridgehead atoms. The van der Waals surface area contributed by atoms with Crippen molar-refractivity contribution in [3.8, 4) is 5.69 Å². The van der Waals surface area contributed by atoms with E-state index in [1.807, 2.05) is 31.2 Å². The summed E-state index contributed by atoms with van der Waals surface area (Å²) < 4.78 is 3.27. The second-order valence-corrected chi connectivity index (χ2v) is 9.17. The Morgan fingerprint density at radius 1 is 1.12 bits per heavy atom. The maximum atomic E-state index is 13.3. The van der Waals surface area contributed by atoms with Crippen LogP contribution in [0.4, 0.5) is 11.4 Å². The molecule has 3 heterocycles. The van der Waals surface area contributed by atoms with Gasteiger partial charge in [0.1, 0.15) is 5.39 Å². The fourth-order valence-electron chi connectivity index (χ4n) is 3.96. The predicted molar refractivity (Wildman–Crippen MR) is 132 cm³/mol. The van der Waals surface area contributed by atoms with Crippen molar-refractivity contribution in [1.29, 1.82) is 0 Å². The first-order valence-electron chi connectivity index (χ1n) is 10.8. The Bertz CT molecular complexity index is 1470.